The maximum Gasteiger partial charge on any atom is 1.00 e. The second-order valence-electron chi connectivity index (χ2n) is 12.1. The Bertz CT molecular complexity index is 1540. The Morgan fingerprint density at radius 3 is 2.58 bits per heavy atom. The third-order valence-electron chi connectivity index (χ3n) is 7.73. The van der Waals surface area contributed by atoms with Crippen molar-refractivity contribution in [3.63, 3.8) is 0 Å². The van der Waals surface area contributed by atoms with E-state index in [1.165, 1.54) is 18.6 Å². The summed E-state index contributed by atoms with van der Waals surface area (Å²) in [5.41, 5.74) is 0.965. The van der Waals surface area contributed by atoms with Crippen LogP contribution >= 0.6 is 0 Å². The van der Waals surface area contributed by atoms with E-state index >= 15 is 0 Å². The molecule has 0 atom stereocenters. The molecular weight excluding hydrogens is 552 g/mol. The number of carboxylic acids is 1. The van der Waals surface area contributed by atoms with Crippen molar-refractivity contribution in [3.05, 3.63) is 65.6 Å². The molecular formula is C30H31FLiN5O6. The molecule has 3 aliphatic rings. The first kappa shape index (κ1) is 30.6. The van der Waals surface area contributed by atoms with Gasteiger partial charge in [-0.25, -0.2) is 19.2 Å². The van der Waals surface area contributed by atoms with Crippen molar-refractivity contribution in [2.24, 2.45) is 5.41 Å². The average Bonchev–Trinajstić information content (AvgIpc) is 2.89. The van der Waals surface area contributed by atoms with E-state index in [4.69, 9.17) is 14.2 Å². The van der Waals surface area contributed by atoms with E-state index in [1.54, 1.807) is 11.1 Å². The molecule has 6 rings (SSSR count). The number of carboxylic acid groups (broad SMARTS) is 1. The molecule has 0 bridgehead atoms. The number of aromatic carboxylic acids is 1. The van der Waals surface area contributed by atoms with Crippen molar-refractivity contribution in [2.45, 2.75) is 58.3 Å². The molecule has 0 unspecified atom stereocenters. The third kappa shape index (κ3) is 6.40. The Kier molecular flexibility index (Phi) is 8.29. The third-order valence-corrected chi connectivity index (χ3v) is 7.73. The number of rotatable bonds is 6. The smallest absolute Gasteiger partial charge is 0.545 e. The van der Waals surface area contributed by atoms with Gasteiger partial charge in [0.05, 0.1) is 24.4 Å². The Hall–Kier alpha value is -3.88. The number of nitrogens with zero attached hydrogens (tertiary/aromatic N) is 5. The van der Waals surface area contributed by atoms with Crippen LogP contribution in [0.1, 0.15) is 55.2 Å². The van der Waals surface area contributed by atoms with Crippen LogP contribution in [0.15, 0.2) is 43.0 Å². The van der Waals surface area contributed by atoms with Gasteiger partial charge in [-0.15, -0.1) is 0 Å². The number of fused-ring (bicyclic) bond motifs is 1. The van der Waals surface area contributed by atoms with Gasteiger partial charge in [0.2, 0.25) is 0 Å². The summed E-state index contributed by atoms with van der Waals surface area (Å²) >= 11 is 0. The first-order chi connectivity index (χ1) is 20.0. The molecule has 1 amide bonds. The molecule has 4 heterocycles. The predicted octanol–water partition coefficient (Wildman–Crippen LogP) is 0.512. The molecule has 0 radical (unpaired) electrons. The summed E-state index contributed by atoms with van der Waals surface area (Å²) in [6, 6.07) is 5.08. The largest absolute Gasteiger partial charge is 1.00 e. The molecule has 1 aromatic carbocycles. The van der Waals surface area contributed by atoms with Crippen molar-refractivity contribution < 1.29 is 52.2 Å². The SMILES string of the molecule is CC(C)(C)OC(=O)N1CCc2nccc(OC3CC4(C3)CN(c3ncncc3Oc3ccc(F)cc3C(=O)[O-])C4)c2C1.[Li+]. The molecule has 1 saturated carbocycles. The van der Waals surface area contributed by atoms with Crippen LogP contribution in [-0.4, -0.2) is 63.3 Å². The van der Waals surface area contributed by atoms with Crippen molar-refractivity contribution in [2.75, 3.05) is 24.5 Å². The predicted molar refractivity (Wildman–Crippen MR) is 146 cm³/mol. The second-order valence-corrected chi connectivity index (χ2v) is 12.1. The van der Waals surface area contributed by atoms with Crippen LogP contribution in [0.25, 0.3) is 0 Å². The zero-order valence-electron chi connectivity index (χ0n) is 24.6. The minimum absolute atomic E-state index is 0. The van der Waals surface area contributed by atoms with Crippen LogP contribution in [0.4, 0.5) is 15.0 Å². The van der Waals surface area contributed by atoms with Crippen molar-refractivity contribution in [1.29, 1.82) is 0 Å². The molecule has 2 aromatic heterocycles. The van der Waals surface area contributed by atoms with E-state index < -0.39 is 23.0 Å². The van der Waals surface area contributed by atoms with Gasteiger partial charge >= 0.3 is 25.0 Å². The van der Waals surface area contributed by atoms with Crippen LogP contribution < -0.4 is 38.3 Å². The van der Waals surface area contributed by atoms with Crippen LogP contribution in [0.5, 0.6) is 17.2 Å². The Balaban J connectivity index is 0.00000368. The van der Waals surface area contributed by atoms with Gasteiger partial charge in [0.15, 0.2) is 11.6 Å². The average molecular weight is 584 g/mol. The number of ether oxygens (including phenoxy) is 3. The molecule has 220 valence electrons. The van der Waals surface area contributed by atoms with Gasteiger partial charge in [-0.2, -0.15) is 0 Å². The first-order valence-electron chi connectivity index (χ1n) is 13.8. The quantitative estimate of drug-likeness (QED) is 0.379. The van der Waals surface area contributed by atoms with E-state index in [0.717, 1.165) is 55.1 Å². The monoisotopic (exact) mass is 583 g/mol. The number of benzene rings is 1. The number of carbonyl (C=O) groups is 2. The van der Waals surface area contributed by atoms with E-state index in [0.29, 0.717) is 25.3 Å². The van der Waals surface area contributed by atoms with Crippen LogP contribution in [0.2, 0.25) is 0 Å². The van der Waals surface area contributed by atoms with Gasteiger partial charge in [0.25, 0.3) is 0 Å². The van der Waals surface area contributed by atoms with Gasteiger partial charge in [0.1, 0.15) is 35.3 Å². The standard InChI is InChI=1S/C30H32FN5O6.Li/c1-29(2,3)42-28(39)35-9-7-22-21(14-35)24(6-8-33-22)40-19-11-30(12-19)15-36(16-30)26-25(13-32-17-34-26)41-23-5-4-18(31)10-20(23)27(37)38;/h4-6,8,10,13,17,19H,7,9,11-12,14-16H2,1-3H3,(H,37,38);/q;+1/p-1. The van der Waals surface area contributed by atoms with Gasteiger partial charge < -0.3 is 33.9 Å². The number of anilines is 1. The van der Waals surface area contributed by atoms with Crippen LogP contribution in [-0.2, 0) is 17.7 Å². The molecule has 2 fully saturated rings. The maximum absolute atomic E-state index is 13.6. The zero-order chi connectivity index (χ0) is 29.6. The van der Waals surface area contributed by atoms with Crippen LogP contribution in [0.3, 0.4) is 0 Å². The number of pyridine rings is 1. The number of halogens is 1. The molecule has 1 spiro atoms. The van der Waals surface area contributed by atoms with Crippen molar-refractivity contribution >= 4 is 17.9 Å². The number of hydrogen-bond donors (Lipinski definition) is 0. The Morgan fingerprint density at radius 1 is 1.09 bits per heavy atom. The molecule has 13 heteroatoms. The summed E-state index contributed by atoms with van der Waals surface area (Å²) < 4.78 is 31.4. The summed E-state index contributed by atoms with van der Waals surface area (Å²) in [7, 11) is 0. The Labute approximate surface area is 260 Å². The van der Waals surface area contributed by atoms with Crippen LogP contribution in [0, 0.1) is 11.2 Å². The van der Waals surface area contributed by atoms with Gasteiger partial charge in [-0.3, -0.25) is 4.98 Å². The van der Waals surface area contributed by atoms with E-state index in [9.17, 15) is 19.1 Å². The minimum atomic E-state index is -1.54. The Morgan fingerprint density at radius 2 is 1.86 bits per heavy atom. The number of aromatic nitrogens is 3. The molecule has 11 nitrogen and oxygen atoms in total. The first-order valence-corrected chi connectivity index (χ1v) is 13.8. The van der Waals surface area contributed by atoms with Gasteiger partial charge in [0, 0.05) is 48.8 Å². The fourth-order valence-corrected chi connectivity index (χ4v) is 5.83. The molecule has 1 saturated heterocycles. The summed E-state index contributed by atoms with van der Waals surface area (Å²) in [6.07, 6.45) is 6.63. The number of amides is 1. The number of hydrogen-bond acceptors (Lipinski definition) is 10. The molecule has 2 aliphatic heterocycles. The maximum atomic E-state index is 13.6. The van der Waals surface area contributed by atoms with E-state index in [-0.39, 0.29) is 48.0 Å². The zero-order valence-corrected chi connectivity index (χ0v) is 24.6. The fraction of sp³-hybridized carbons (Fsp3) is 0.433. The summed E-state index contributed by atoms with van der Waals surface area (Å²) in [5, 5.41) is 11.5. The number of carbonyl (C=O) groups excluding carboxylic acids is 2. The molecule has 3 aromatic rings. The molecule has 1 aliphatic carbocycles. The minimum Gasteiger partial charge on any atom is -0.545 e. The fourth-order valence-electron chi connectivity index (χ4n) is 5.83. The normalized spacial score (nSPS) is 17.2. The topological polar surface area (TPSA) is 130 Å². The van der Waals surface area contributed by atoms with E-state index in [1.807, 2.05) is 31.7 Å². The molecule has 0 N–H and O–H groups in total. The summed E-state index contributed by atoms with van der Waals surface area (Å²) in [6.45, 7) is 7.93. The summed E-state index contributed by atoms with van der Waals surface area (Å²) in [4.78, 5) is 40.8. The summed E-state index contributed by atoms with van der Waals surface area (Å²) in [5.74, 6) is -0.750. The van der Waals surface area contributed by atoms with E-state index in [2.05, 4.69) is 15.0 Å². The molecule has 43 heavy (non-hydrogen) atoms. The van der Waals surface area contributed by atoms with Crippen molar-refractivity contribution in [3.8, 4) is 17.2 Å². The van der Waals surface area contributed by atoms with Gasteiger partial charge in [-0.05, 0) is 57.9 Å². The van der Waals surface area contributed by atoms with Crippen molar-refractivity contribution in [1.82, 2.24) is 19.9 Å². The second kappa shape index (κ2) is 11.7. The van der Waals surface area contributed by atoms with Gasteiger partial charge in [-0.1, -0.05) is 0 Å².